The van der Waals surface area contributed by atoms with Gasteiger partial charge < -0.3 is 20.6 Å². The molecule has 2 amide bonds. The number of hydrogen-bond acceptors (Lipinski definition) is 3. The third-order valence-electron chi connectivity index (χ3n) is 4.39. The summed E-state index contributed by atoms with van der Waals surface area (Å²) in [6.45, 7) is 11.7. The van der Waals surface area contributed by atoms with Crippen molar-refractivity contribution in [3.8, 4) is 0 Å². The molecule has 0 saturated carbocycles. The number of aliphatic hydroxyl groups is 1. The number of nitrogens with one attached hydrogen (secondary N) is 2. The van der Waals surface area contributed by atoms with E-state index >= 15 is 0 Å². The van der Waals surface area contributed by atoms with E-state index in [2.05, 4.69) is 43.2 Å². The molecule has 0 aromatic heterocycles. The molecule has 0 aromatic carbocycles. The van der Waals surface area contributed by atoms with Gasteiger partial charge >= 0.3 is 6.03 Å². The maximum Gasteiger partial charge on any atom is 0.315 e. The summed E-state index contributed by atoms with van der Waals surface area (Å²) in [7, 11) is 0. The predicted octanol–water partition coefficient (Wildman–Crippen LogP) is 1.81. The van der Waals surface area contributed by atoms with E-state index in [1.165, 1.54) is 19.4 Å². The maximum atomic E-state index is 12.0. The number of likely N-dealkylation sites (tertiary alicyclic amines) is 1. The summed E-state index contributed by atoms with van der Waals surface area (Å²) in [4.78, 5) is 14.5. The molecule has 0 bridgehead atoms. The molecule has 5 nitrogen and oxygen atoms in total. The predicted molar refractivity (Wildman–Crippen MR) is 86.3 cm³/mol. The van der Waals surface area contributed by atoms with E-state index < -0.39 is 0 Å². The van der Waals surface area contributed by atoms with Gasteiger partial charge in [0.05, 0.1) is 0 Å². The van der Waals surface area contributed by atoms with Crippen molar-refractivity contribution in [1.29, 1.82) is 0 Å². The summed E-state index contributed by atoms with van der Waals surface area (Å²) in [5, 5.41) is 15.0. The molecule has 1 fully saturated rings. The molecule has 124 valence electrons. The average molecular weight is 299 g/mol. The van der Waals surface area contributed by atoms with Crippen LogP contribution >= 0.6 is 0 Å². The highest BCUT2D eigenvalue weighted by Gasteiger charge is 2.22. The van der Waals surface area contributed by atoms with Crippen molar-refractivity contribution in [2.24, 2.45) is 11.8 Å². The third kappa shape index (κ3) is 6.66. The number of carbonyl (C=O) groups is 1. The first-order chi connectivity index (χ1) is 9.93. The van der Waals surface area contributed by atoms with Crippen molar-refractivity contribution in [2.75, 3.05) is 26.2 Å². The first kappa shape index (κ1) is 18.2. The molecule has 0 aromatic rings. The topological polar surface area (TPSA) is 64.6 Å². The molecule has 1 heterocycles. The molecule has 1 aliphatic heterocycles. The van der Waals surface area contributed by atoms with E-state index in [4.69, 9.17) is 5.11 Å². The van der Waals surface area contributed by atoms with E-state index in [0.717, 1.165) is 13.1 Å². The van der Waals surface area contributed by atoms with Crippen molar-refractivity contribution < 1.29 is 9.90 Å². The number of piperidine rings is 1. The van der Waals surface area contributed by atoms with Crippen LogP contribution in [0.2, 0.25) is 0 Å². The van der Waals surface area contributed by atoms with E-state index in [1.54, 1.807) is 0 Å². The summed E-state index contributed by atoms with van der Waals surface area (Å²) in [6, 6.07) is 0.508. The second-order valence-corrected chi connectivity index (χ2v) is 6.81. The molecule has 0 spiro atoms. The molecule has 2 atom stereocenters. The lowest BCUT2D eigenvalue weighted by atomic mass is 9.97. The minimum Gasteiger partial charge on any atom is -0.396 e. The van der Waals surface area contributed by atoms with Crippen molar-refractivity contribution >= 4 is 6.03 Å². The summed E-state index contributed by atoms with van der Waals surface area (Å²) in [5.74, 6) is 0.872. The zero-order chi connectivity index (χ0) is 15.8. The average Bonchev–Trinajstić information content (AvgIpc) is 2.45. The van der Waals surface area contributed by atoms with E-state index in [0.29, 0.717) is 24.3 Å². The number of nitrogens with zero attached hydrogens (tertiary/aromatic N) is 1. The van der Waals surface area contributed by atoms with Crippen molar-refractivity contribution in [3.63, 3.8) is 0 Å². The highest BCUT2D eigenvalue weighted by Crippen LogP contribution is 2.17. The fourth-order valence-corrected chi connectivity index (χ4v) is 2.90. The number of aliphatic hydroxyl groups excluding tert-OH is 1. The molecule has 1 rings (SSSR count). The molecule has 0 aliphatic carbocycles. The first-order valence-corrected chi connectivity index (χ1v) is 8.33. The van der Waals surface area contributed by atoms with Gasteiger partial charge in [0, 0.05) is 31.8 Å². The van der Waals surface area contributed by atoms with E-state index in [-0.39, 0.29) is 18.7 Å². The third-order valence-corrected chi connectivity index (χ3v) is 4.39. The standard InChI is InChI=1S/C16H33N3O2/c1-12(2)15(7-9-20)18-16(21)17-10-14-6-5-8-19(11-14)13(3)4/h12-15,20H,5-11H2,1-4H3,(H2,17,18,21). The van der Waals surface area contributed by atoms with Gasteiger partial charge in [-0.05, 0) is 51.5 Å². The Morgan fingerprint density at radius 3 is 2.62 bits per heavy atom. The fourth-order valence-electron chi connectivity index (χ4n) is 2.90. The Bertz CT molecular complexity index is 308. The molecular weight excluding hydrogens is 266 g/mol. The second-order valence-electron chi connectivity index (χ2n) is 6.81. The van der Waals surface area contributed by atoms with Crippen molar-refractivity contribution in [3.05, 3.63) is 0 Å². The zero-order valence-electron chi connectivity index (χ0n) is 14.1. The Morgan fingerprint density at radius 1 is 1.33 bits per heavy atom. The highest BCUT2D eigenvalue weighted by atomic mass is 16.3. The Balaban J connectivity index is 2.31. The molecule has 5 heteroatoms. The van der Waals surface area contributed by atoms with Crippen LogP contribution in [-0.4, -0.2) is 54.4 Å². The molecule has 0 radical (unpaired) electrons. The van der Waals surface area contributed by atoms with Crippen molar-refractivity contribution in [1.82, 2.24) is 15.5 Å². The minimum absolute atomic E-state index is 0.0357. The van der Waals surface area contributed by atoms with Gasteiger partial charge in [-0.25, -0.2) is 4.79 Å². The van der Waals surface area contributed by atoms with Gasteiger partial charge in [0.1, 0.15) is 0 Å². The molecule has 2 unspecified atom stereocenters. The lowest BCUT2D eigenvalue weighted by Crippen LogP contribution is -2.48. The molecule has 3 N–H and O–H groups in total. The van der Waals surface area contributed by atoms with Crippen LogP contribution in [0, 0.1) is 11.8 Å². The minimum atomic E-state index is -0.108. The van der Waals surface area contributed by atoms with Crippen LogP contribution in [0.1, 0.15) is 47.0 Å². The number of rotatable bonds is 7. The van der Waals surface area contributed by atoms with Gasteiger partial charge in [0.2, 0.25) is 0 Å². The Labute approximate surface area is 129 Å². The lowest BCUT2D eigenvalue weighted by Gasteiger charge is -2.35. The molecule has 1 aliphatic rings. The van der Waals surface area contributed by atoms with Gasteiger partial charge in [-0.2, -0.15) is 0 Å². The quantitative estimate of drug-likeness (QED) is 0.672. The van der Waals surface area contributed by atoms with Gasteiger partial charge in [-0.3, -0.25) is 0 Å². The number of amides is 2. The van der Waals surface area contributed by atoms with E-state index in [9.17, 15) is 4.79 Å². The highest BCUT2D eigenvalue weighted by molar-refractivity contribution is 5.74. The largest absolute Gasteiger partial charge is 0.396 e. The Morgan fingerprint density at radius 2 is 2.05 bits per heavy atom. The molecule has 21 heavy (non-hydrogen) atoms. The van der Waals surface area contributed by atoms with Crippen LogP contribution < -0.4 is 10.6 Å². The molecular formula is C16H33N3O2. The first-order valence-electron chi connectivity index (χ1n) is 8.33. The number of carbonyl (C=O) groups excluding carboxylic acids is 1. The SMILES string of the molecule is CC(C)C(CCO)NC(=O)NCC1CCCN(C(C)C)C1. The van der Waals surface area contributed by atoms with Gasteiger partial charge in [0.15, 0.2) is 0 Å². The second kappa shape index (κ2) is 9.26. The van der Waals surface area contributed by atoms with Crippen molar-refractivity contribution in [2.45, 2.75) is 59.0 Å². The van der Waals surface area contributed by atoms with Crippen LogP contribution in [-0.2, 0) is 0 Å². The Hall–Kier alpha value is -0.810. The molecule has 1 saturated heterocycles. The van der Waals surface area contributed by atoms with Crippen LogP contribution in [0.5, 0.6) is 0 Å². The maximum absolute atomic E-state index is 12.0. The van der Waals surface area contributed by atoms with Gasteiger partial charge in [0.25, 0.3) is 0 Å². The van der Waals surface area contributed by atoms with Crippen LogP contribution in [0.4, 0.5) is 4.79 Å². The van der Waals surface area contributed by atoms with E-state index in [1.807, 2.05) is 0 Å². The number of urea groups is 1. The fraction of sp³-hybridized carbons (Fsp3) is 0.938. The summed E-state index contributed by atoms with van der Waals surface area (Å²) < 4.78 is 0. The summed E-state index contributed by atoms with van der Waals surface area (Å²) in [5.41, 5.74) is 0. The normalized spacial score (nSPS) is 21.6. The smallest absolute Gasteiger partial charge is 0.315 e. The number of hydrogen-bond donors (Lipinski definition) is 3. The van der Waals surface area contributed by atoms with Gasteiger partial charge in [-0.1, -0.05) is 13.8 Å². The lowest BCUT2D eigenvalue weighted by molar-refractivity contribution is 0.138. The summed E-state index contributed by atoms with van der Waals surface area (Å²) in [6.07, 6.45) is 3.01. The monoisotopic (exact) mass is 299 g/mol. The van der Waals surface area contributed by atoms with Crippen LogP contribution in [0.25, 0.3) is 0 Å². The zero-order valence-corrected chi connectivity index (χ0v) is 14.1. The van der Waals surface area contributed by atoms with Gasteiger partial charge in [-0.15, -0.1) is 0 Å². The van der Waals surface area contributed by atoms with Crippen LogP contribution in [0.15, 0.2) is 0 Å². The Kier molecular flexibility index (Phi) is 8.04. The summed E-state index contributed by atoms with van der Waals surface area (Å²) >= 11 is 0. The van der Waals surface area contributed by atoms with Crippen LogP contribution in [0.3, 0.4) is 0 Å².